The van der Waals surface area contributed by atoms with Gasteiger partial charge in [0.25, 0.3) is 0 Å². The molecule has 108 valence electrons. The zero-order valence-corrected chi connectivity index (χ0v) is 12.0. The number of hydrogen-bond donors (Lipinski definition) is 1. The molecule has 0 radical (unpaired) electrons. The highest BCUT2D eigenvalue weighted by Gasteiger charge is 2.19. The van der Waals surface area contributed by atoms with Crippen LogP contribution in [-0.4, -0.2) is 45.5 Å². The van der Waals surface area contributed by atoms with Gasteiger partial charge in [-0.1, -0.05) is 6.92 Å². The van der Waals surface area contributed by atoms with Crippen molar-refractivity contribution in [2.24, 2.45) is 7.05 Å². The van der Waals surface area contributed by atoms with Crippen LogP contribution in [0.3, 0.4) is 0 Å². The number of rotatable bonds is 8. The minimum atomic E-state index is 0.424. The molecule has 1 fully saturated rings. The fraction of sp³-hybridized carbons (Fsp3) is 0.923. The zero-order chi connectivity index (χ0) is 13.5. The molecule has 6 nitrogen and oxygen atoms in total. The summed E-state index contributed by atoms with van der Waals surface area (Å²) in [6, 6.07) is 0.424. The number of aromatic nitrogens is 4. The second kappa shape index (κ2) is 7.55. The third-order valence-corrected chi connectivity index (χ3v) is 3.52. The van der Waals surface area contributed by atoms with Crippen molar-refractivity contribution in [3.8, 4) is 0 Å². The molecule has 6 heteroatoms. The maximum absolute atomic E-state index is 5.69. The van der Waals surface area contributed by atoms with Crippen LogP contribution in [0, 0.1) is 0 Å². The maximum atomic E-state index is 5.69. The summed E-state index contributed by atoms with van der Waals surface area (Å²) in [6.07, 6.45) is 7.11. The lowest BCUT2D eigenvalue weighted by Crippen LogP contribution is -2.33. The Morgan fingerprint density at radius 1 is 1.53 bits per heavy atom. The van der Waals surface area contributed by atoms with E-state index in [9.17, 15) is 0 Å². The Balaban J connectivity index is 1.79. The monoisotopic (exact) mass is 267 g/mol. The lowest BCUT2D eigenvalue weighted by atomic mass is 10.0. The molecule has 1 saturated heterocycles. The summed E-state index contributed by atoms with van der Waals surface area (Å²) in [4.78, 5) is 1.52. The van der Waals surface area contributed by atoms with Crippen molar-refractivity contribution in [1.82, 2.24) is 25.5 Å². The Morgan fingerprint density at radius 3 is 3.05 bits per heavy atom. The lowest BCUT2D eigenvalue weighted by molar-refractivity contribution is 0.0995. The van der Waals surface area contributed by atoms with Crippen molar-refractivity contribution in [3.05, 3.63) is 5.82 Å². The van der Waals surface area contributed by atoms with Gasteiger partial charge in [-0.15, -0.1) is 10.2 Å². The maximum Gasteiger partial charge on any atom is 0.176 e. The lowest BCUT2D eigenvalue weighted by Gasteiger charge is -2.18. The molecule has 2 rings (SSSR count). The van der Waals surface area contributed by atoms with Gasteiger partial charge in [0, 0.05) is 19.1 Å². The normalized spacial score (nSPS) is 20.8. The van der Waals surface area contributed by atoms with Crippen LogP contribution < -0.4 is 5.32 Å². The van der Waals surface area contributed by atoms with Gasteiger partial charge in [0.2, 0.25) is 0 Å². The molecule has 2 heterocycles. The quantitative estimate of drug-likeness (QED) is 0.763. The fourth-order valence-electron chi connectivity index (χ4n) is 2.51. The van der Waals surface area contributed by atoms with E-state index in [4.69, 9.17) is 4.74 Å². The van der Waals surface area contributed by atoms with Crippen LogP contribution in [0.1, 0.15) is 44.9 Å². The summed E-state index contributed by atoms with van der Waals surface area (Å²) < 4.78 is 5.69. The van der Waals surface area contributed by atoms with E-state index >= 15 is 0 Å². The highest BCUT2D eigenvalue weighted by atomic mass is 16.5. The van der Waals surface area contributed by atoms with E-state index in [0.29, 0.717) is 12.1 Å². The zero-order valence-electron chi connectivity index (χ0n) is 12.0. The Kier molecular flexibility index (Phi) is 5.72. The number of ether oxygens (including phenoxy) is 1. The van der Waals surface area contributed by atoms with Crippen LogP contribution in [0.2, 0.25) is 0 Å². The van der Waals surface area contributed by atoms with Crippen LogP contribution in [0.25, 0.3) is 0 Å². The summed E-state index contributed by atoms with van der Waals surface area (Å²) in [6.45, 7) is 4.16. The number of hydrogen-bond acceptors (Lipinski definition) is 5. The van der Waals surface area contributed by atoms with E-state index in [0.717, 1.165) is 44.7 Å². The molecule has 0 aromatic carbocycles. The van der Waals surface area contributed by atoms with Crippen LogP contribution in [0.5, 0.6) is 0 Å². The van der Waals surface area contributed by atoms with Crippen molar-refractivity contribution in [3.63, 3.8) is 0 Å². The van der Waals surface area contributed by atoms with Crippen molar-refractivity contribution >= 4 is 0 Å². The summed E-state index contributed by atoms with van der Waals surface area (Å²) in [5, 5.41) is 15.8. The van der Waals surface area contributed by atoms with Crippen molar-refractivity contribution in [2.45, 2.75) is 57.6 Å². The standard InChI is InChI=1S/C13H25N5O/c1-3-8-14-11(6-7-12-5-4-9-19-12)10-13-15-17-18(2)16-13/h11-12,14H,3-10H2,1-2H3. The van der Waals surface area contributed by atoms with E-state index in [-0.39, 0.29) is 0 Å². The Labute approximate surface area is 114 Å². The minimum Gasteiger partial charge on any atom is -0.378 e. The average Bonchev–Trinajstić information content (AvgIpc) is 3.04. The molecule has 0 saturated carbocycles. The van der Waals surface area contributed by atoms with Gasteiger partial charge >= 0.3 is 0 Å². The predicted octanol–water partition coefficient (Wildman–Crippen LogP) is 1.08. The van der Waals surface area contributed by atoms with Gasteiger partial charge in [-0.25, -0.2) is 0 Å². The van der Waals surface area contributed by atoms with Gasteiger partial charge in [-0.2, -0.15) is 4.80 Å². The van der Waals surface area contributed by atoms with Gasteiger partial charge in [-0.05, 0) is 43.9 Å². The first kappa shape index (κ1) is 14.4. The molecule has 0 amide bonds. The smallest absolute Gasteiger partial charge is 0.176 e. The van der Waals surface area contributed by atoms with E-state index in [1.165, 1.54) is 17.6 Å². The Morgan fingerprint density at radius 2 is 2.42 bits per heavy atom. The average molecular weight is 267 g/mol. The molecule has 1 aliphatic heterocycles. The van der Waals surface area contributed by atoms with Gasteiger partial charge in [0.05, 0.1) is 13.2 Å². The molecule has 2 unspecified atom stereocenters. The highest BCUT2D eigenvalue weighted by Crippen LogP contribution is 2.18. The third-order valence-electron chi connectivity index (χ3n) is 3.52. The fourth-order valence-corrected chi connectivity index (χ4v) is 2.51. The molecule has 0 spiro atoms. The van der Waals surface area contributed by atoms with Gasteiger partial charge in [0.15, 0.2) is 5.82 Å². The van der Waals surface area contributed by atoms with E-state index in [1.54, 1.807) is 7.05 Å². The topological polar surface area (TPSA) is 64.9 Å². The first-order valence-corrected chi connectivity index (χ1v) is 7.35. The van der Waals surface area contributed by atoms with Crippen molar-refractivity contribution in [1.29, 1.82) is 0 Å². The second-order valence-corrected chi connectivity index (χ2v) is 5.26. The molecule has 0 aliphatic carbocycles. The number of nitrogens with zero attached hydrogens (tertiary/aromatic N) is 4. The van der Waals surface area contributed by atoms with E-state index in [2.05, 4.69) is 27.7 Å². The van der Waals surface area contributed by atoms with Crippen LogP contribution in [-0.2, 0) is 18.2 Å². The number of tetrazole rings is 1. The van der Waals surface area contributed by atoms with Gasteiger partial charge < -0.3 is 10.1 Å². The first-order valence-electron chi connectivity index (χ1n) is 7.35. The van der Waals surface area contributed by atoms with Gasteiger partial charge in [0.1, 0.15) is 0 Å². The molecule has 19 heavy (non-hydrogen) atoms. The van der Waals surface area contributed by atoms with Crippen LogP contribution in [0.15, 0.2) is 0 Å². The molecular weight excluding hydrogens is 242 g/mol. The Hall–Kier alpha value is -1.01. The minimum absolute atomic E-state index is 0.424. The SMILES string of the molecule is CCCNC(CCC1CCCO1)Cc1nnn(C)n1. The molecule has 2 atom stereocenters. The highest BCUT2D eigenvalue weighted by molar-refractivity contribution is 4.85. The summed E-state index contributed by atoms with van der Waals surface area (Å²) in [7, 11) is 1.80. The molecule has 0 bridgehead atoms. The van der Waals surface area contributed by atoms with Gasteiger partial charge in [-0.3, -0.25) is 0 Å². The first-order chi connectivity index (χ1) is 9.28. The molecular formula is C13H25N5O. The van der Waals surface area contributed by atoms with Crippen LogP contribution in [0.4, 0.5) is 0 Å². The predicted molar refractivity (Wildman–Crippen MR) is 72.8 cm³/mol. The largest absolute Gasteiger partial charge is 0.378 e. The summed E-state index contributed by atoms with van der Waals surface area (Å²) >= 11 is 0. The van der Waals surface area contributed by atoms with Crippen molar-refractivity contribution < 1.29 is 4.74 Å². The molecule has 1 aromatic heterocycles. The van der Waals surface area contributed by atoms with Crippen LogP contribution >= 0.6 is 0 Å². The Bertz CT molecular complexity index is 362. The number of aryl methyl sites for hydroxylation is 1. The molecule has 1 N–H and O–H groups in total. The number of nitrogens with one attached hydrogen (secondary N) is 1. The van der Waals surface area contributed by atoms with Crippen molar-refractivity contribution in [2.75, 3.05) is 13.2 Å². The molecule has 1 aromatic rings. The van der Waals surface area contributed by atoms with E-state index < -0.39 is 0 Å². The molecule has 1 aliphatic rings. The summed E-state index contributed by atoms with van der Waals surface area (Å²) in [5.41, 5.74) is 0. The third kappa shape index (κ3) is 4.87. The summed E-state index contributed by atoms with van der Waals surface area (Å²) in [5.74, 6) is 0.823. The van der Waals surface area contributed by atoms with E-state index in [1.807, 2.05) is 0 Å². The second-order valence-electron chi connectivity index (χ2n) is 5.26.